The number of likely N-dealkylation sites (N-methyl/N-ethyl adjacent to an activating group) is 2. The molecule has 22 heavy (non-hydrogen) atoms. The second-order valence-electron chi connectivity index (χ2n) is 6.63. The van der Waals surface area contributed by atoms with Crippen molar-refractivity contribution in [3.05, 3.63) is 0 Å². The van der Waals surface area contributed by atoms with Crippen LogP contribution in [0.4, 0.5) is 0 Å². The minimum atomic E-state index is -3.43. The van der Waals surface area contributed by atoms with E-state index in [0.717, 1.165) is 25.9 Å². The van der Waals surface area contributed by atoms with Crippen LogP contribution in [0, 0.1) is 0 Å². The van der Waals surface area contributed by atoms with Gasteiger partial charge in [-0.3, -0.25) is 9.69 Å². The van der Waals surface area contributed by atoms with Gasteiger partial charge in [-0.15, -0.1) is 0 Å². The van der Waals surface area contributed by atoms with Crippen molar-refractivity contribution in [2.75, 3.05) is 46.0 Å². The Labute approximate surface area is 134 Å². The normalized spacial score (nSPS) is 26.0. The van der Waals surface area contributed by atoms with Gasteiger partial charge in [0.1, 0.15) is 0 Å². The molecule has 1 atom stereocenters. The van der Waals surface area contributed by atoms with E-state index in [-0.39, 0.29) is 5.91 Å². The molecule has 1 amide bonds. The average molecular weight is 331 g/mol. The maximum absolute atomic E-state index is 12.9. The van der Waals surface area contributed by atoms with Crippen LogP contribution in [0.3, 0.4) is 0 Å². The number of rotatable bonds is 5. The number of amides is 1. The molecule has 0 spiro atoms. The Kier molecular flexibility index (Phi) is 5.50. The highest BCUT2D eigenvalue weighted by atomic mass is 32.2. The maximum Gasteiger partial charge on any atom is 0.243 e. The quantitative estimate of drug-likeness (QED) is 0.773. The summed E-state index contributed by atoms with van der Waals surface area (Å²) in [6.07, 6.45) is 4.19. The van der Waals surface area contributed by atoms with Gasteiger partial charge < -0.3 is 10.2 Å². The third-order valence-electron chi connectivity index (χ3n) is 5.25. The Morgan fingerprint density at radius 2 is 2.00 bits per heavy atom. The largest absolute Gasteiger partial charge is 0.343 e. The van der Waals surface area contributed by atoms with Crippen LogP contribution in [0.2, 0.25) is 0 Å². The van der Waals surface area contributed by atoms with E-state index in [2.05, 4.69) is 17.1 Å². The summed E-state index contributed by atoms with van der Waals surface area (Å²) in [5.41, 5.74) is 0. The third-order valence-corrected chi connectivity index (χ3v) is 7.25. The van der Waals surface area contributed by atoms with Crippen molar-refractivity contribution in [2.45, 2.75) is 43.4 Å². The van der Waals surface area contributed by atoms with E-state index in [9.17, 15) is 13.2 Å². The van der Waals surface area contributed by atoms with E-state index in [0.29, 0.717) is 38.5 Å². The lowest BCUT2D eigenvalue weighted by Crippen LogP contribution is -2.58. The molecule has 1 unspecified atom stereocenters. The fraction of sp³-hybridized carbons (Fsp3) is 0.933. The van der Waals surface area contributed by atoms with Gasteiger partial charge in [-0.1, -0.05) is 6.92 Å². The minimum Gasteiger partial charge on any atom is -0.343 e. The van der Waals surface area contributed by atoms with Crippen LogP contribution in [-0.2, 0) is 14.6 Å². The Bertz CT molecular complexity index is 500. The number of hydrogen-bond acceptors (Lipinski definition) is 5. The number of hydrogen-bond donors (Lipinski definition) is 1. The second kappa shape index (κ2) is 6.84. The maximum atomic E-state index is 12.9. The number of nitrogens with one attached hydrogen (secondary N) is 1. The highest BCUT2D eigenvalue weighted by molar-refractivity contribution is 7.92. The summed E-state index contributed by atoms with van der Waals surface area (Å²) in [5.74, 6) is -0.223. The van der Waals surface area contributed by atoms with Gasteiger partial charge in [-0.05, 0) is 51.9 Å². The smallest absolute Gasteiger partial charge is 0.243 e. The molecule has 1 N–H and O–H groups in total. The number of piperidine rings is 1. The van der Waals surface area contributed by atoms with E-state index in [4.69, 9.17) is 0 Å². The highest BCUT2D eigenvalue weighted by Crippen LogP contribution is 2.30. The number of carbonyl (C=O) groups is 1. The lowest BCUT2D eigenvalue weighted by Gasteiger charge is -2.38. The fourth-order valence-electron chi connectivity index (χ4n) is 3.84. The summed E-state index contributed by atoms with van der Waals surface area (Å²) in [7, 11) is -1.68. The van der Waals surface area contributed by atoms with Crippen molar-refractivity contribution in [1.82, 2.24) is 15.1 Å². The molecule has 0 aliphatic carbocycles. The topological polar surface area (TPSA) is 69.7 Å². The van der Waals surface area contributed by atoms with E-state index in [1.165, 1.54) is 6.26 Å². The summed E-state index contributed by atoms with van der Waals surface area (Å²) < 4.78 is 23.4. The first-order valence-electron chi connectivity index (χ1n) is 8.22. The molecular weight excluding hydrogens is 302 g/mol. The number of sulfone groups is 1. The molecule has 2 saturated heterocycles. The van der Waals surface area contributed by atoms with E-state index >= 15 is 0 Å². The van der Waals surface area contributed by atoms with Crippen LogP contribution in [0.1, 0.15) is 32.6 Å². The molecule has 2 rings (SSSR count). The standard InChI is InChI=1S/C15H29N3O3S/c1-4-18-11-5-6-13(18)12-17(2)14(19)15(22(3,20)21)7-9-16-10-8-15/h13,16H,4-12H2,1-3H3. The van der Waals surface area contributed by atoms with Crippen LogP contribution in [0.15, 0.2) is 0 Å². The summed E-state index contributed by atoms with van der Waals surface area (Å²) >= 11 is 0. The third kappa shape index (κ3) is 3.31. The van der Waals surface area contributed by atoms with Crippen LogP contribution in [0.5, 0.6) is 0 Å². The van der Waals surface area contributed by atoms with Gasteiger partial charge in [0.2, 0.25) is 5.91 Å². The number of nitrogens with zero attached hydrogens (tertiary/aromatic N) is 2. The molecule has 0 bridgehead atoms. The summed E-state index contributed by atoms with van der Waals surface area (Å²) in [6.45, 7) is 5.97. The zero-order valence-corrected chi connectivity index (χ0v) is 14.8. The zero-order chi connectivity index (χ0) is 16.4. The SMILES string of the molecule is CCN1CCCC1CN(C)C(=O)C1(S(C)(=O)=O)CCNCC1. The lowest BCUT2D eigenvalue weighted by atomic mass is 9.95. The fourth-order valence-corrected chi connectivity index (χ4v) is 5.26. The zero-order valence-electron chi connectivity index (χ0n) is 14.0. The van der Waals surface area contributed by atoms with Gasteiger partial charge in [0.25, 0.3) is 0 Å². The highest BCUT2D eigenvalue weighted by Gasteiger charge is 2.50. The van der Waals surface area contributed by atoms with Gasteiger partial charge in [-0.25, -0.2) is 8.42 Å². The first-order valence-corrected chi connectivity index (χ1v) is 10.1. The lowest BCUT2D eigenvalue weighted by molar-refractivity contribution is -0.134. The minimum absolute atomic E-state index is 0.223. The van der Waals surface area contributed by atoms with Crippen LogP contribution in [0.25, 0.3) is 0 Å². The molecule has 2 heterocycles. The van der Waals surface area contributed by atoms with Crippen molar-refractivity contribution in [3.8, 4) is 0 Å². The molecule has 2 aliphatic rings. The molecule has 7 heteroatoms. The molecule has 0 saturated carbocycles. The Hall–Kier alpha value is -0.660. The van der Waals surface area contributed by atoms with Crippen molar-refractivity contribution >= 4 is 15.7 Å². The molecule has 2 fully saturated rings. The van der Waals surface area contributed by atoms with Crippen molar-refractivity contribution in [1.29, 1.82) is 0 Å². The first kappa shape index (κ1) is 17.7. The van der Waals surface area contributed by atoms with Crippen LogP contribution in [-0.4, -0.2) is 80.9 Å². The summed E-state index contributed by atoms with van der Waals surface area (Å²) in [6, 6.07) is 0.359. The van der Waals surface area contributed by atoms with E-state index in [1.54, 1.807) is 11.9 Å². The molecule has 0 aromatic rings. The number of likely N-dealkylation sites (tertiary alicyclic amines) is 1. The molecule has 0 aromatic heterocycles. The van der Waals surface area contributed by atoms with Gasteiger partial charge in [-0.2, -0.15) is 0 Å². The first-order chi connectivity index (χ1) is 10.3. The van der Waals surface area contributed by atoms with Crippen LogP contribution < -0.4 is 5.32 Å². The average Bonchev–Trinajstić information content (AvgIpc) is 2.93. The molecule has 2 aliphatic heterocycles. The Balaban J connectivity index is 2.13. The molecule has 0 aromatic carbocycles. The monoisotopic (exact) mass is 331 g/mol. The van der Waals surface area contributed by atoms with Gasteiger partial charge in [0.15, 0.2) is 14.6 Å². The Morgan fingerprint density at radius 1 is 1.36 bits per heavy atom. The second-order valence-corrected chi connectivity index (χ2v) is 8.95. The predicted molar refractivity (Wildman–Crippen MR) is 87.6 cm³/mol. The van der Waals surface area contributed by atoms with Crippen molar-refractivity contribution < 1.29 is 13.2 Å². The predicted octanol–water partition coefficient (Wildman–Crippen LogP) is 0.0959. The molecular formula is C15H29N3O3S. The Morgan fingerprint density at radius 3 is 2.55 bits per heavy atom. The van der Waals surface area contributed by atoms with Crippen molar-refractivity contribution in [2.24, 2.45) is 0 Å². The molecule has 0 radical (unpaired) electrons. The summed E-state index contributed by atoms with van der Waals surface area (Å²) in [5, 5.41) is 3.15. The van der Waals surface area contributed by atoms with Crippen LogP contribution >= 0.6 is 0 Å². The van der Waals surface area contributed by atoms with E-state index < -0.39 is 14.6 Å². The van der Waals surface area contributed by atoms with Gasteiger partial charge in [0, 0.05) is 25.9 Å². The molecule has 128 valence electrons. The summed E-state index contributed by atoms with van der Waals surface area (Å²) in [4.78, 5) is 17.0. The van der Waals surface area contributed by atoms with E-state index in [1.807, 2.05) is 0 Å². The van der Waals surface area contributed by atoms with Gasteiger partial charge >= 0.3 is 0 Å². The van der Waals surface area contributed by atoms with Crippen molar-refractivity contribution in [3.63, 3.8) is 0 Å². The number of carbonyl (C=O) groups excluding carboxylic acids is 1. The van der Waals surface area contributed by atoms with Gasteiger partial charge in [0.05, 0.1) is 0 Å². The molecule has 6 nitrogen and oxygen atoms in total.